The third-order valence-corrected chi connectivity index (χ3v) is 2.30. The maximum atomic E-state index is 4.92. The van der Waals surface area contributed by atoms with E-state index >= 15 is 0 Å². The van der Waals surface area contributed by atoms with Gasteiger partial charge in [-0.3, -0.25) is 0 Å². The summed E-state index contributed by atoms with van der Waals surface area (Å²) in [5.74, 6) is 0.679. The first kappa shape index (κ1) is 7.58. The lowest BCUT2D eigenvalue weighted by molar-refractivity contribution is 0.421. The molecule has 66 valence electrons. The van der Waals surface area contributed by atoms with E-state index in [0.717, 1.165) is 6.54 Å². The third kappa shape index (κ3) is 1.57. The van der Waals surface area contributed by atoms with Gasteiger partial charge in [-0.2, -0.15) is 4.98 Å². The standard InChI is InChI=1S/C8H13N3O/c1-6-10-7(12-11-6)9-5-8(2)3-4-8/h3-5H2,1-2H3,(H,9,10,11). The van der Waals surface area contributed by atoms with Gasteiger partial charge < -0.3 is 9.84 Å². The Morgan fingerprint density at radius 2 is 2.33 bits per heavy atom. The Kier molecular flexibility index (Phi) is 1.56. The first-order valence-corrected chi connectivity index (χ1v) is 4.22. The van der Waals surface area contributed by atoms with Crippen molar-refractivity contribution in [1.82, 2.24) is 10.1 Å². The molecule has 1 aromatic rings. The second-order valence-corrected chi connectivity index (χ2v) is 3.81. The van der Waals surface area contributed by atoms with Gasteiger partial charge in [0.05, 0.1) is 0 Å². The quantitative estimate of drug-likeness (QED) is 0.742. The summed E-state index contributed by atoms with van der Waals surface area (Å²) >= 11 is 0. The summed E-state index contributed by atoms with van der Waals surface area (Å²) in [6.07, 6.45) is 2.60. The van der Waals surface area contributed by atoms with E-state index in [4.69, 9.17) is 4.52 Å². The highest BCUT2D eigenvalue weighted by atomic mass is 16.5. The van der Waals surface area contributed by atoms with E-state index in [1.807, 2.05) is 6.92 Å². The number of rotatable bonds is 3. The minimum atomic E-state index is 0.475. The van der Waals surface area contributed by atoms with Crippen molar-refractivity contribution in [2.45, 2.75) is 26.7 Å². The van der Waals surface area contributed by atoms with E-state index in [1.165, 1.54) is 12.8 Å². The molecule has 1 aliphatic rings. The van der Waals surface area contributed by atoms with Crippen LogP contribution in [0.25, 0.3) is 0 Å². The molecule has 0 aromatic carbocycles. The van der Waals surface area contributed by atoms with Crippen LogP contribution in [-0.4, -0.2) is 16.7 Å². The van der Waals surface area contributed by atoms with Crippen LogP contribution in [0, 0.1) is 12.3 Å². The lowest BCUT2D eigenvalue weighted by Gasteiger charge is -2.06. The van der Waals surface area contributed by atoms with Gasteiger partial charge in [0.2, 0.25) is 0 Å². The molecule has 1 N–H and O–H groups in total. The van der Waals surface area contributed by atoms with Crippen molar-refractivity contribution in [3.63, 3.8) is 0 Å². The average molecular weight is 167 g/mol. The molecule has 0 saturated heterocycles. The molecule has 12 heavy (non-hydrogen) atoms. The summed E-state index contributed by atoms with van der Waals surface area (Å²) in [6.45, 7) is 5.01. The first-order valence-electron chi connectivity index (χ1n) is 4.22. The van der Waals surface area contributed by atoms with E-state index < -0.39 is 0 Å². The maximum absolute atomic E-state index is 4.92. The van der Waals surface area contributed by atoms with Crippen LogP contribution in [-0.2, 0) is 0 Å². The Labute approximate surface area is 71.4 Å². The summed E-state index contributed by atoms with van der Waals surface area (Å²) in [5.41, 5.74) is 0.475. The normalized spacial score (nSPS) is 19.2. The van der Waals surface area contributed by atoms with Crippen LogP contribution in [0.2, 0.25) is 0 Å². The fraction of sp³-hybridized carbons (Fsp3) is 0.750. The third-order valence-electron chi connectivity index (χ3n) is 2.30. The van der Waals surface area contributed by atoms with E-state index in [0.29, 0.717) is 17.3 Å². The van der Waals surface area contributed by atoms with Crippen LogP contribution in [0.15, 0.2) is 4.52 Å². The molecule has 0 spiro atoms. The molecular formula is C8H13N3O. The van der Waals surface area contributed by atoms with Crippen molar-refractivity contribution in [3.8, 4) is 0 Å². The molecule has 0 radical (unpaired) electrons. The Balaban J connectivity index is 1.87. The van der Waals surface area contributed by atoms with Crippen LogP contribution in [0.1, 0.15) is 25.6 Å². The first-order chi connectivity index (χ1) is 5.68. The summed E-state index contributed by atoms with van der Waals surface area (Å²) in [4.78, 5) is 4.05. The number of hydrogen-bond donors (Lipinski definition) is 1. The zero-order valence-electron chi connectivity index (χ0n) is 7.42. The predicted octanol–water partition coefficient (Wildman–Crippen LogP) is 1.59. The molecule has 1 aromatic heterocycles. The number of nitrogens with zero attached hydrogens (tertiary/aromatic N) is 2. The molecule has 0 atom stereocenters. The largest absolute Gasteiger partial charge is 0.337 e. The van der Waals surface area contributed by atoms with Gasteiger partial charge in [-0.1, -0.05) is 12.1 Å². The van der Waals surface area contributed by atoms with Gasteiger partial charge in [0.25, 0.3) is 0 Å². The Morgan fingerprint density at radius 3 is 2.83 bits per heavy atom. The number of nitrogens with one attached hydrogen (secondary N) is 1. The lowest BCUT2D eigenvalue weighted by Crippen LogP contribution is -2.11. The van der Waals surface area contributed by atoms with Crippen LogP contribution < -0.4 is 5.32 Å². The molecule has 1 saturated carbocycles. The summed E-state index contributed by atoms with van der Waals surface area (Å²) in [7, 11) is 0. The van der Waals surface area contributed by atoms with Gasteiger partial charge >= 0.3 is 6.01 Å². The lowest BCUT2D eigenvalue weighted by atomic mass is 10.1. The molecule has 1 heterocycles. The highest BCUT2D eigenvalue weighted by Gasteiger charge is 2.37. The van der Waals surface area contributed by atoms with Gasteiger partial charge in [0, 0.05) is 6.54 Å². The topological polar surface area (TPSA) is 51.0 Å². The Bertz CT molecular complexity index is 278. The molecule has 4 nitrogen and oxygen atoms in total. The molecule has 0 aliphatic heterocycles. The smallest absolute Gasteiger partial charge is 0.321 e. The van der Waals surface area contributed by atoms with E-state index in [-0.39, 0.29) is 0 Å². The van der Waals surface area contributed by atoms with Crippen LogP contribution in [0.3, 0.4) is 0 Å². The second kappa shape index (κ2) is 2.47. The van der Waals surface area contributed by atoms with Gasteiger partial charge in [-0.05, 0) is 25.2 Å². The van der Waals surface area contributed by atoms with Crippen molar-refractivity contribution in [2.24, 2.45) is 5.41 Å². The van der Waals surface area contributed by atoms with Gasteiger partial charge in [-0.25, -0.2) is 0 Å². The number of aromatic nitrogens is 2. The SMILES string of the molecule is Cc1noc(NCC2(C)CC2)n1. The van der Waals surface area contributed by atoms with Crippen LogP contribution in [0.4, 0.5) is 6.01 Å². The highest BCUT2D eigenvalue weighted by molar-refractivity contribution is 5.19. The van der Waals surface area contributed by atoms with E-state index in [2.05, 4.69) is 22.4 Å². The van der Waals surface area contributed by atoms with Crippen molar-refractivity contribution >= 4 is 6.01 Å². The number of anilines is 1. The van der Waals surface area contributed by atoms with Crippen molar-refractivity contribution in [3.05, 3.63) is 5.82 Å². The summed E-state index contributed by atoms with van der Waals surface area (Å²) < 4.78 is 4.92. The average Bonchev–Trinajstić information content (AvgIpc) is 2.60. The zero-order valence-corrected chi connectivity index (χ0v) is 7.42. The van der Waals surface area contributed by atoms with E-state index in [9.17, 15) is 0 Å². The number of hydrogen-bond acceptors (Lipinski definition) is 4. The molecule has 0 unspecified atom stereocenters. The summed E-state index contributed by atoms with van der Waals surface area (Å²) in [5, 5.41) is 6.82. The Morgan fingerprint density at radius 1 is 1.58 bits per heavy atom. The van der Waals surface area contributed by atoms with Crippen LogP contribution >= 0.6 is 0 Å². The molecule has 1 aliphatic carbocycles. The minimum absolute atomic E-state index is 0.475. The summed E-state index contributed by atoms with van der Waals surface area (Å²) in [6, 6.07) is 0.542. The van der Waals surface area contributed by atoms with Gasteiger partial charge in [-0.15, -0.1) is 0 Å². The molecule has 4 heteroatoms. The minimum Gasteiger partial charge on any atom is -0.337 e. The second-order valence-electron chi connectivity index (χ2n) is 3.81. The highest BCUT2D eigenvalue weighted by Crippen LogP contribution is 2.44. The van der Waals surface area contributed by atoms with Gasteiger partial charge in [0.15, 0.2) is 5.82 Å². The molecule has 0 bridgehead atoms. The van der Waals surface area contributed by atoms with Crippen molar-refractivity contribution in [1.29, 1.82) is 0 Å². The fourth-order valence-corrected chi connectivity index (χ4v) is 1.05. The van der Waals surface area contributed by atoms with E-state index in [1.54, 1.807) is 0 Å². The predicted molar refractivity (Wildman–Crippen MR) is 44.9 cm³/mol. The zero-order chi connectivity index (χ0) is 8.60. The Hall–Kier alpha value is -1.06. The van der Waals surface area contributed by atoms with Gasteiger partial charge in [0.1, 0.15) is 0 Å². The van der Waals surface area contributed by atoms with Crippen molar-refractivity contribution in [2.75, 3.05) is 11.9 Å². The van der Waals surface area contributed by atoms with Crippen molar-refractivity contribution < 1.29 is 4.52 Å². The fourth-order valence-electron chi connectivity index (χ4n) is 1.05. The molecule has 1 fully saturated rings. The van der Waals surface area contributed by atoms with Crippen LogP contribution in [0.5, 0.6) is 0 Å². The monoisotopic (exact) mass is 167 g/mol. The maximum Gasteiger partial charge on any atom is 0.321 e. The molecule has 2 rings (SSSR count). The molecule has 0 amide bonds. The number of aryl methyl sites for hydroxylation is 1. The molecular weight excluding hydrogens is 154 g/mol.